The van der Waals surface area contributed by atoms with Crippen molar-refractivity contribution in [3.05, 3.63) is 146 Å². The fraction of sp³-hybridized carbons (Fsp3) is 0.366. The summed E-state index contributed by atoms with van der Waals surface area (Å²) in [5.74, 6) is 5.41. The number of ether oxygens (including phenoxy) is 5. The lowest BCUT2D eigenvalue weighted by atomic mass is 10.1. The molecule has 12 aromatic heterocycles. The highest BCUT2D eigenvalue weighted by Gasteiger charge is 2.22. The van der Waals surface area contributed by atoms with Crippen molar-refractivity contribution in [2.75, 3.05) is 154 Å². The van der Waals surface area contributed by atoms with Gasteiger partial charge in [0.05, 0.1) is 56.7 Å². The van der Waals surface area contributed by atoms with Gasteiger partial charge in [-0.25, -0.2) is 39.9 Å². The van der Waals surface area contributed by atoms with Gasteiger partial charge >= 0.3 is 0 Å². The molecule has 0 saturated carbocycles. The zero-order valence-corrected chi connectivity index (χ0v) is 72.4. The maximum absolute atomic E-state index is 9.34. The molecule has 0 saturated heterocycles. The number of aromatic nitrogens is 20. The first-order chi connectivity index (χ1) is 58.4. The highest BCUT2D eigenvalue weighted by Crippen LogP contribution is 2.36. The van der Waals surface area contributed by atoms with Crippen molar-refractivity contribution in [2.24, 2.45) is 28.2 Å². The molecule has 0 spiro atoms. The summed E-state index contributed by atoms with van der Waals surface area (Å²) in [7, 11) is 30.5. The van der Waals surface area contributed by atoms with E-state index in [9.17, 15) is 21.0 Å². The van der Waals surface area contributed by atoms with Crippen molar-refractivity contribution in [2.45, 2.75) is 59.0 Å². The van der Waals surface area contributed by atoms with Crippen LogP contribution in [0, 0.1) is 45.3 Å². The van der Waals surface area contributed by atoms with Crippen LogP contribution in [0.1, 0.15) is 57.4 Å². The first kappa shape index (κ1) is 91.1. The number of nitriles is 4. The maximum atomic E-state index is 9.34. The van der Waals surface area contributed by atoms with Crippen LogP contribution in [0.5, 0.6) is 29.3 Å². The third-order valence-corrected chi connectivity index (χ3v) is 17.1. The Kier molecular flexibility index (Phi) is 32.5. The Morgan fingerprint density at radius 3 is 0.943 bits per heavy atom. The van der Waals surface area contributed by atoms with E-state index in [2.05, 4.69) is 112 Å². The minimum atomic E-state index is -0.159. The normalized spacial score (nSPS) is 11.8. The van der Waals surface area contributed by atoms with E-state index in [1.807, 2.05) is 238 Å². The third-order valence-electron chi connectivity index (χ3n) is 17.1. The van der Waals surface area contributed by atoms with Crippen LogP contribution in [-0.4, -0.2) is 260 Å². The van der Waals surface area contributed by atoms with Gasteiger partial charge in [0.1, 0.15) is 77.7 Å². The topological polar surface area (TPSA) is 456 Å². The Morgan fingerprint density at radius 1 is 0.369 bits per heavy atom. The summed E-state index contributed by atoms with van der Waals surface area (Å²) in [4.78, 5) is 62.3. The number of likely N-dealkylation sites (N-methyl/N-ethyl adjacent to an activating group) is 4. The van der Waals surface area contributed by atoms with Crippen LogP contribution >= 0.6 is 0 Å². The molecule has 6 N–H and O–H groups in total. The second-order valence-corrected chi connectivity index (χ2v) is 29.2. The molecule has 12 aromatic rings. The molecule has 0 fully saturated rings. The van der Waals surface area contributed by atoms with Crippen LogP contribution in [0.15, 0.2) is 123 Å². The zero-order valence-electron chi connectivity index (χ0n) is 72.4. The number of hydrogen-bond acceptors (Lipinski definition) is 36. The van der Waals surface area contributed by atoms with Gasteiger partial charge in [-0.2, -0.15) is 61.4 Å². The number of nitrogens with one attached hydrogen (secondary N) is 6. The average molecular weight is 1660 g/mol. The number of rotatable bonds is 33. The molecule has 0 radical (unpaired) electrons. The van der Waals surface area contributed by atoms with E-state index in [0.29, 0.717) is 78.5 Å². The van der Waals surface area contributed by atoms with Gasteiger partial charge < -0.3 is 80.1 Å². The quantitative estimate of drug-likeness (QED) is 0.0223. The Labute approximate surface area is 709 Å². The molecule has 636 valence electrons. The summed E-state index contributed by atoms with van der Waals surface area (Å²) in [5, 5.41) is 73.2. The number of pyridine rings is 4. The predicted molar refractivity (Wildman–Crippen MR) is 465 cm³/mol. The second-order valence-electron chi connectivity index (χ2n) is 29.2. The molecule has 0 unspecified atom stereocenters. The van der Waals surface area contributed by atoms with E-state index in [4.69, 9.17) is 23.7 Å². The average Bonchev–Trinajstić information content (AvgIpc) is 1.41. The lowest BCUT2D eigenvalue weighted by Gasteiger charge is -2.19. The van der Waals surface area contributed by atoms with Crippen LogP contribution in [0.4, 0.5) is 63.6 Å². The van der Waals surface area contributed by atoms with Crippen molar-refractivity contribution in [3.63, 3.8) is 0 Å². The number of anilines is 11. The van der Waals surface area contributed by atoms with Crippen LogP contribution in [0.3, 0.4) is 0 Å². The van der Waals surface area contributed by atoms with E-state index in [1.165, 1.54) is 24.8 Å². The first-order valence-electron chi connectivity index (χ1n) is 38.5. The molecule has 40 nitrogen and oxygen atoms in total. The molecular weight excluding hydrogens is 1560 g/mol. The smallest absolute Gasteiger partial charge is 0.253 e. The number of methoxy groups -OCH3 is 1. The van der Waals surface area contributed by atoms with Gasteiger partial charge in [-0.15, -0.1) is 0 Å². The minimum absolute atomic E-state index is 0.128. The molecular formula is C82H103N35O5. The molecule has 0 aliphatic carbocycles. The Balaban J connectivity index is 0.000000185. The highest BCUT2D eigenvalue weighted by atomic mass is 16.5. The lowest BCUT2D eigenvalue weighted by molar-refractivity contribution is 0.169. The van der Waals surface area contributed by atoms with Crippen molar-refractivity contribution >= 4 is 63.6 Å². The predicted octanol–water partition coefficient (Wildman–Crippen LogP) is 9.41. The summed E-state index contributed by atoms with van der Waals surface area (Å²) >= 11 is 0. The fourth-order valence-electron chi connectivity index (χ4n) is 12.1. The van der Waals surface area contributed by atoms with E-state index < -0.39 is 0 Å². The van der Waals surface area contributed by atoms with Crippen LogP contribution in [0.2, 0.25) is 0 Å². The third kappa shape index (κ3) is 26.3. The number of nitrogens with zero attached hydrogens (tertiary/aromatic N) is 29. The molecule has 4 atom stereocenters. The van der Waals surface area contributed by atoms with E-state index >= 15 is 0 Å². The molecule has 12 heterocycles. The summed E-state index contributed by atoms with van der Waals surface area (Å²) in [6.45, 7) is 13.2. The first-order valence-corrected chi connectivity index (χ1v) is 38.5. The van der Waals surface area contributed by atoms with Crippen LogP contribution in [-0.2, 0) is 28.2 Å². The van der Waals surface area contributed by atoms with Gasteiger partial charge in [-0.3, -0.25) is 18.7 Å². The van der Waals surface area contributed by atoms with E-state index in [1.54, 1.807) is 75.3 Å². The fourth-order valence-corrected chi connectivity index (χ4v) is 12.1. The van der Waals surface area contributed by atoms with Gasteiger partial charge in [-0.05, 0) is 91.0 Å². The second kappa shape index (κ2) is 43.6. The highest BCUT2D eigenvalue weighted by molar-refractivity contribution is 5.82. The van der Waals surface area contributed by atoms with Crippen molar-refractivity contribution < 1.29 is 23.7 Å². The molecule has 0 bridgehead atoms. The van der Waals surface area contributed by atoms with Crippen molar-refractivity contribution in [3.8, 4) is 98.1 Å². The Bertz CT molecular complexity index is 5460. The number of hydrogen-bond donors (Lipinski definition) is 6. The summed E-state index contributed by atoms with van der Waals surface area (Å²) in [5.41, 5.74) is 10.8. The van der Waals surface area contributed by atoms with E-state index in [-0.39, 0.29) is 70.7 Å². The van der Waals surface area contributed by atoms with Gasteiger partial charge in [0.2, 0.25) is 22.8 Å². The monoisotopic (exact) mass is 1660 g/mol. The summed E-state index contributed by atoms with van der Waals surface area (Å²) < 4.78 is 35.8. The largest absolute Gasteiger partial charge is 0.496 e. The standard InChI is InChI=1S/2C21H27N9O.C20H25N9O.C20H24N8O2/c1-14(12-28(2)3)31-21-17(8-22)23-11-20(27-21)26-19-7-18(29(4)5)16(10-24-19)15-9-25-30(6)13-15;1-6-23-17-7-19(25-10-16(17)15-9-26-30(5)13-15)27-20-11-24-18(8-22)21(28-20)31-14(2)12-29(3)4;1-13(11-28(3)4)30-20-17(7-21)23-10-19(27-20)26-18-6-16(22-2)15(9-24-18)14-8-25-29(5)12-14;1-13(11-27(2)3)30-20-16(7-21)22-10-19(26-20)25-18-6-17(29-5)15(9-23-18)14-8-24-28(4)12-14/h7,9-11,13-14H,12H2,1-6H3,(H,24,26,27);7,9-11,13-14H,6,12H2,1-5H3,(H2,23,25,27,28);6,8-10,12-13H,11H2,1-5H3,(H2,22,24,26,27);6,8-10,12-13H,11H2,1-5H3,(H,23,25,26)/t2*14-;2*13-/m1111/s1. The summed E-state index contributed by atoms with van der Waals surface area (Å²) in [6, 6.07) is 15.5. The molecule has 12 rings (SSSR count). The number of aryl methyl sites for hydroxylation is 4. The van der Waals surface area contributed by atoms with Gasteiger partial charge in [0, 0.05) is 217 Å². The summed E-state index contributed by atoms with van der Waals surface area (Å²) in [6.07, 6.45) is 27.2. The van der Waals surface area contributed by atoms with Gasteiger partial charge in [-0.1, -0.05) is 0 Å². The molecule has 40 heteroatoms. The zero-order chi connectivity index (χ0) is 88.3. The molecule has 0 aliphatic rings. The molecule has 122 heavy (non-hydrogen) atoms. The molecule has 0 amide bonds. The van der Waals surface area contributed by atoms with Gasteiger partial charge in [0.15, 0.2) is 23.3 Å². The lowest BCUT2D eigenvalue weighted by Crippen LogP contribution is -2.28. The van der Waals surface area contributed by atoms with Crippen LogP contribution < -0.4 is 60.5 Å². The van der Waals surface area contributed by atoms with Crippen molar-refractivity contribution in [1.82, 2.24) is 119 Å². The molecule has 0 aromatic carbocycles. The minimum Gasteiger partial charge on any atom is -0.496 e. The van der Waals surface area contributed by atoms with Crippen molar-refractivity contribution in [1.29, 1.82) is 21.0 Å². The van der Waals surface area contributed by atoms with E-state index in [0.717, 1.165) is 68.1 Å². The maximum Gasteiger partial charge on any atom is 0.253 e. The SMILES string of the molecule is CCNc1cc(Nc2cnc(C#N)c(O[C@H](C)CN(C)C)n2)ncc1-c1cnn(C)c1.CNc1cc(Nc2cnc(C#N)c(O[C@H](C)CN(C)C)n2)ncc1-c1cnn(C)c1.COc1cc(Nc2cnc(C#N)c(O[C@H](C)CN(C)C)n2)ncc1-c1cnn(C)c1.C[C@H](CN(C)C)Oc1nc(Nc2cc(N(C)C)c(-c3cnn(C)c3)cn2)cnc1C#N. The Hall–Kier alpha value is -14.8. The van der Waals surface area contributed by atoms with Crippen LogP contribution in [0.25, 0.3) is 44.5 Å². The molecule has 0 aliphatic heterocycles. The Morgan fingerprint density at radius 2 is 0.656 bits per heavy atom. The van der Waals surface area contributed by atoms with Gasteiger partial charge in [0.25, 0.3) is 23.5 Å².